The summed E-state index contributed by atoms with van der Waals surface area (Å²) in [6, 6.07) is 6.68. The molecule has 2 heterocycles. The minimum Gasteiger partial charge on any atom is -0.358 e. The fraction of sp³-hybridized carbons (Fsp3) is 0.429. The molecule has 0 fully saturated rings. The molecule has 0 amide bonds. The molecule has 16 heavy (non-hydrogen) atoms. The molecule has 84 valence electrons. The number of fused-ring (bicyclic) bond motifs is 3. The molecular formula is C14H18N2. The van der Waals surface area contributed by atoms with Crippen LogP contribution in [0.2, 0.25) is 0 Å². The zero-order valence-electron chi connectivity index (χ0n) is 9.93. The minimum absolute atomic E-state index is 0.649. The van der Waals surface area contributed by atoms with Gasteiger partial charge >= 0.3 is 0 Å². The number of H-pyrrole nitrogens is 1. The monoisotopic (exact) mass is 214 g/mol. The average Bonchev–Trinajstić information content (AvgIpc) is 2.67. The number of rotatable bonds is 1. The van der Waals surface area contributed by atoms with Crippen molar-refractivity contribution >= 4 is 10.9 Å². The van der Waals surface area contributed by atoms with E-state index in [2.05, 4.69) is 42.3 Å². The fourth-order valence-corrected chi connectivity index (χ4v) is 2.74. The van der Waals surface area contributed by atoms with Gasteiger partial charge in [0, 0.05) is 35.6 Å². The maximum absolute atomic E-state index is 3.60. The smallest absolute Gasteiger partial charge is 0.0459 e. The van der Waals surface area contributed by atoms with Gasteiger partial charge < -0.3 is 10.3 Å². The Morgan fingerprint density at radius 1 is 1.38 bits per heavy atom. The van der Waals surface area contributed by atoms with Crippen LogP contribution in [0.5, 0.6) is 0 Å². The van der Waals surface area contributed by atoms with Crippen LogP contribution in [0.3, 0.4) is 0 Å². The third-order valence-corrected chi connectivity index (χ3v) is 3.69. The number of aromatic nitrogens is 1. The van der Waals surface area contributed by atoms with Gasteiger partial charge in [0.2, 0.25) is 0 Å². The minimum atomic E-state index is 0.649. The van der Waals surface area contributed by atoms with Gasteiger partial charge in [-0.3, -0.25) is 0 Å². The van der Waals surface area contributed by atoms with Crippen LogP contribution in [-0.2, 0) is 6.54 Å². The highest BCUT2D eigenvalue weighted by Gasteiger charge is 2.22. The number of hydrogen-bond acceptors (Lipinski definition) is 1. The lowest BCUT2D eigenvalue weighted by Gasteiger charge is -2.22. The Morgan fingerprint density at radius 3 is 3.06 bits per heavy atom. The molecule has 0 saturated carbocycles. The standard InChI is InChI=1S/C14H18N2/c1-3-10-7-15-8-12-11-6-9(2)4-5-13(11)16-14(10)12/h4-6,10,15-16H,3,7-8H2,1-2H3. The summed E-state index contributed by atoms with van der Waals surface area (Å²) in [6.45, 7) is 6.54. The molecule has 0 bridgehead atoms. The van der Waals surface area contributed by atoms with Gasteiger partial charge in [0.15, 0.2) is 0 Å². The molecule has 1 atom stereocenters. The summed E-state index contributed by atoms with van der Waals surface area (Å²) in [5.74, 6) is 0.649. The molecule has 2 heteroatoms. The summed E-state index contributed by atoms with van der Waals surface area (Å²) in [6.07, 6.45) is 1.20. The largest absolute Gasteiger partial charge is 0.358 e. The predicted octanol–water partition coefficient (Wildman–Crippen LogP) is 3.07. The first kappa shape index (κ1) is 9.91. The molecule has 0 aliphatic carbocycles. The van der Waals surface area contributed by atoms with E-state index in [0.717, 1.165) is 13.1 Å². The molecule has 1 aromatic heterocycles. The van der Waals surface area contributed by atoms with Crippen LogP contribution < -0.4 is 5.32 Å². The van der Waals surface area contributed by atoms with Crippen LogP contribution in [0.4, 0.5) is 0 Å². The first-order valence-corrected chi connectivity index (χ1v) is 6.11. The normalized spacial score (nSPS) is 20.0. The quantitative estimate of drug-likeness (QED) is 0.750. The van der Waals surface area contributed by atoms with Gasteiger partial charge in [-0.1, -0.05) is 18.6 Å². The molecule has 0 spiro atoms. The molecular weight excluding hydrogens is 196 g/mol. The van der Waals surface area contributed by atoms with E-state index in [-0.39, 0.29) is 0 Å². The molecule has 2 nitrogen and oxygen atoms in total. The van der Waals surface area contributed by atoms with Gasteiger partial charge in [-0.25, -0.2) is 0 Å². The van der Waals surface area contributed by atoms with Crippen molar-refractivity contribution in [2.24, 2.45) is 0 Å². The van der Waals surface area contributed by atoms with Crippen molar-refractivity contribution in [3.05, 3.63) is 35.0 Å². The number of aromatic amines is 1. The second-order valence-corrected chi connectivity index (χ2v) is 4.80. The Labute approximate surface area is 96.1 Å². The van der Waals surface area contributed by atoms with Crippen molar-refractivity contribution in [1.82, 2.24) is 10.3 Å². The predicted molar refractivity (Wildman–Crippen MR) is 67.8 cm³/mol. The Balaban J connectivity index is 2.24. The van der Waals surface area contributed by atoms with Crippen molar-refractivity contribution in [3.8, 4) is 0 Å². The van der Waals surface area contributed by atoms with Crippen LogP contribution in [0.25, 0.3) is 10.9 Å². The first-order valence-electron chi connectivity index (χ1n) is 6.11. The average molecular weight is 214 g/mol. The van der Waals surface area contributed by atoms with Crippen molar-refractivity contribution in [2.75, 3.05) is 6.54 Å². The molecule has 1 aliphatic heterocycles. The fourth-order valence-electron chi connectivity index (χ4n) is 2.74. The van der Waals surface area contributed by atoms with Crippen molar-refractivity contribution in [2.45, 2.75) is 32.7 Å². The van der Waals surface area contributed by atoms with Crippen molar-refractivity contribution < 1.29 is 0 Å². The lowest BCUT2D eigenvalue weighted by molar-refractivity contribution is 0.524. The van der Waals surface area contributed by atoms with Crippen molar-refractivity contribution in [3.63, 3.8) is 0 Å². The summed E-state index contributed by atoms with van der Waals surface area (Å²) in [7, 11) is 0. The van der Waals surface area contributed by atoms with E-state index in [0.29, 0.717) is 5.92 Å². The number of hydrogen-bond donors (Lipinski definition) is 2. The SMILES string of the molecule is CCC1CNCc2c1[nH]c1ccc(C)cc21. The Bertz CT molecular complexity index is 525. The number of aryl methyl sites for hydroxylation is 1. The van der Waals surface area contributed by atoms with Gasteiger partial charge in [0.1, 0.15) is 0 Å². The zero-order chi connectivity index (χ0) is 11.1. The number of benzene rings is 1. The topological polar surface area (TPSA) is 27.8 Å². The molecule has 0 saturated heterocycles. The highest BCUT2D eigenvalue weighted by molar-refractivity contribution is 5.85. The van der Waals surface area contributed by atoms with E-state index < -0.39 is 0 Å². The molecule has 2 aromatic rings. The molecule has 3 rings (SSSR count). The second-order valence-electron chi connectivity index (χ2n) is 4.80. The summed E-state index contributed by atoms with van der Waals surface area (Å²) in [5.41, 5.74) is 5.57. The lowest BCUT2D eigenvalue weighted by atomic mass is 9.94. The molecule has 1 aliphatic rings. The molecule has 0 radical (unpaired) electrons. The van der Waals surface area contributed by atoms with Gasteiger partial charge in [-0.15, -0.1) is 0 Å². The Hall–Kier alpha value is -1.28. The van der Waals surface area contributed by atoms with E-state index in [1.165, 1.54) is 34.1 Å². The maximum Gasteiger partial charge on any atom is 0.0459 e. The molecule has 2 N–H and O–H groups in total. The summed E-state index contributed by atoms with van der Waals surface area (Å²) in [4.78, 5) is 3.60. The van der Waals surface area contributed by atoms with Gasteiger partial charge in [-0.2, -0.15) is 0 Å². The van der Waals surface area contributed by atoms with Crippen molar-refractivity contribution in [1.29, 1.82) is 0 Å². The zero-order valence-corrected chi connectivity index (χ0v) is 9.93. The molecule has 1 unspecified atom stereocenters. The van der Waals surface area contributed by atoms with Gasteiger partial charge in [-0.05, 0) is 31.0 Å². The van der Waals surface area contributed by atoms with Gasteiger partial charge in [0.05, 0.1) is 0 Å². The van der Waals surface area contributed by atoms with E-state index >= 15 is 0 Å². The van der Waals surface area contributed by atoms with Crippen LogP contribution in [0.15, 0.2) is 18.2 Å². The van der Waals surface area contributed by atoms with E-state index in [4.69, 9.17) is 0 Å². The lowest BCUT2D eigenvalue weighted by Crippen LogP contribution is -2.27. The Kier molecular flexibility index (Phi) is 2.25. The molecule has 1 aromatic carbocycles. The highest BCUT2D eigenvalue weighted by atomic mass is 14.9. The van der Waals surface area contributed by atoms with Crippen LogP contribution in [-0.4, -0.2) is 11.5 Å². The van der Waals surface area contributed by atoms with E-state index in [1.807, 2.05) is 0 Å². The highest BCUT2D eigenvalue weighted by Crippen LogP contribution is 2.32. The van der Waals surface area contributed by atoms with E-state index in [1.54, 1.807) is 0 Å². The number of nitrogens with one attached hydrogen (secondary N) is 2. The Morgan fingerprint density at radius 2 is 2.25 bits per heavy atom. The van der Waals surface area contributed by atoms with Crippen LogP contribution >= 0.6 is 0 Å². The third-order valence-electron chi connectivity index (χ3n) is 3.69. The summed E-state index contributed by atoms with van der Waals surface area (Å²) >= 11 is 0. The summed E-state index contributed by atoms with van der Waals surface area (Å²) < 4.78 is 0. The van der Waals surface area contributed by atoms with Gasteiger partial charge in [0.25, 0.3) is 0 Å². The first-order chi connectivity index (χ1) is 7.79. The van der Waals surface area contributed by atoms with Crippen LogP contribution in [0.1, 0.15) is 36.1 Å². The summed E-state index contributed by atoms with van der Waals surface area (Å²) in [5, 5.41) is 4.92. The van der Waals surface area contributed by atoms with E-state index in [9.17, 15) is 0 Å². The third kappa shape index (κ3) is 1.37. The second kappa shape index (κ2) is 3.63. The van der Waals surface area contributed by atoms with Crippen LogP contribution in [0, 0.1) is 6.92 Å². The maximum atomic E-state index is 3.60.